The number of urea groups is 1. The highest BCUT2D eigenvalue weighted by atomic mass is 16.4. The van der Waals surface area contributed by atoms with E-state index in [2.05, 4.69) is 26.6 Å². The van der Waals surface area contributed by atoms with E-state index >= 15 is 0 Å². The number of Topliss-reactive ketones (excluding diaryl/α,β-unsaturated/α-hetero) is 1. The van der Waals surface area contributed by atoms with Crippen LogP contribution in [0.4, 0.5) is 4.79 Å². The first-order chi connectivity index (χ1) is 20.1. The lowest BCUT2D eigenvalue weighted by atomic mass is 10.0. The second-order valence-electron chi connectivity index (χ2n) is 9.74. The number of hydrogen-bond acceptors (Lipinski definition) is 7. The predicted octanol–water partition coefficient (Wildman–Crippen LogP) is 1.33. The Bertz CT molecular complexity index is 1220. The van der Waals surface area contributed by atoms with E-state index in [0.717, 1.165) is 11.1 Å². The van der Waals surface area contributed by atoms with Gasteiger partial charge in [-0.1, -0.05) is 42.5 Å². The molecule has 0 radical (unpaired) electrons. The molecular weight excluding hydrogens is 542 g/mol. The van der Waals surface area contributed by atoms with Crippen LogP contribution in [0, 0.1) is 0 Å². The summed E-state index contributed by atoms with van der Waals surface area (Å²) >= 11 is 0. The van der Waals surface area contributed by atoms with Crippen LogP contribution in [0.25, 0.3) is 0 Å². The van der Waals surface area contributed by atoms with Crippen LogP contribution in [0.2, 0.25) is 0 Å². The van der Waals surface area contributed by atoms with Crippen LogP contribution >= 0.6 is 0 Å². The summed E-state index contributed by atoms with van der Waals surface area (Å²) in [6.07, 6.45) is 1.49. The highest BCUT2D eigenvalue weighted by Crippen LogP contribution is 2.08. The summed E-state index contributed by atoms with van der Waals surface area (Å²) < 4.78 is 0. The molecule has 0 aliphatic rings. The number of carbonyl (C=O) groups is 6. The SMILES string of the molecule is CNC(=O)[C@H](CCC(=O)NCCN[C@@H](Cc1ccccc1)C(C)=O)NC(=O)NC(=O)CCCc1ccc(C(=O)O)cc1. The molecule has 2 aromatic rings. The number of benzene rings is 2. The van der Waals surface area contributed by atoms with Crippen LogP contribution < -0.4 is 26.6 Å². The average molecular weight is 582 g/mol. The molecule has 0 saturated carbocycles. The van der Waals surface area contributed by atoms with Gasteiger partial charge in [0.1, 0.15) is 11.8 Å². The number of aromatic carboxylic acids is 1. The van der Waals surface area contributed by atoms with Crippen molar-refractivity contribution in [3.8, 4) is 0 Å². The van der Waals surface area contributed by atoms with Gasteiger partial charge >= 0.3 is 12.0 Å². The molecule has 0 bridgehead atoms. The largest absolute Gasteiger partial charge is 0.478 e. The van der Waals surface area contributed by atoms with Crippen LogP contribution in [0.15, 0.2) is 54.6 Å². The molecule has 42 heavy (non-hydrogen) atoms. The molecular formula is C30H39N5O7. The van der Waals surface area contributed by atoms with Gasteiger partial charge in [0.15, 0.2) is 0 Å². The summed E-state index contributed by atoms with van der Waals surface area (Å²) in [6.45, 7) is 2.16. The number of carboxylic acid groups (broad SMARTS) is 1. The lowest BCUT2D eigenvalue weighted by molar-refractivity contribution is -0.124. The molecule has 0 aliphatic carbocycles. The van der Waals surface area contributed by atoms with Crippen molar-refractivity contribution < 1.29 is 33.9 Å². The molecule has 0 aromatic heterocycles. The minimum atomic E-state index is -1.03. The summed E-state index contributed by atoms with van der Waals surface area (Å²) in [5.41, 5.74) is 2.06. The van der Waals surface area contributed by atoms with Crippen molar-refractivity contribution in [2.24, 2.45) is 0 Å². The van der Waals surface area contributed by atoms with Crippen LogP contribution in [0.5, 0.6) is 0 Å². The lowest BCUT2D eigenvalue weighted by Crippen LogP contribution is -2.51. The van der Waals surface area contributed by atoms with Gasteiger partial charge in [-0.2, -0.15) is 0 Å². The number of amides is 5. The maximum Gasteiger partial charge on any atom is 0.335 e. The third kappa shape index (κ3) is 12.7. The zero-order valence-electron chi connectivity index (χ0n) is 23.9. The molecule has 0 unspecified atom stereocenters. The highest BCUT2D eigenvalue weighted by molar-refractivity contribution is 5.96. The van der Waals surface area contributed by atoms with E-state index < -0.39 is 29.9 Å². The third-order valence-electron chi connectivity index (χ3n) is 6.46. The summed E-state index contributed by atoms with van der Waals surface area (Å²) in [5.74, 6) is -2.40. The monoisotopic (exact) mass is 581 g/mol. The molecule has 2 atom stereocenters. The standard InChI is InChI=1S/C30H39N5O7/c1-20(36)25(19-22-7-4-3-5-8-22)32-17-18-33-26(37)16-15-24(28(39)31-2)34-30(42)35-27(38)10-6-9-21-11-13-23(14-12-21)29(40)41/h3-5,7-8,11-14,24-25,32H,6,9-10,15-19H2,1-2H3,(H,31,39)(H,33,37)(H,40,41)(H2,34,35,38,42)/t24-,25-/m0/s1. The van der Waals surface area contributed by atoms with E-state index in [1.807, 2.05) is 30.3 Å². The summed E-state index contributed by atoms with van der Waals surface area (Å²) in [6, 6.07) is 13.7. The quantitative estimate of drug-likeness (QED) is 0.151. The molecule has 5 amide bonds. The molecule has 12 nitrogen and oxygen atoms in total. The third-order valence-corrected chi connectivity index (χ3v) is 6.46. The molecule has 0 spiro atoms. The summed E-state index contributed by atoms with van der Waals surface area (Å²) in [7, 11) is 1.40. The van der Waals surface area contributed by atoms with Gasteiger partial charge < -0.3 is 26.4 Å². The van der Waals surface area contributed by atoms with Crippen molar-refractivity contribution in [1.82, 2.24) is 26.6 Å². The number of hydrogen-bond donors (Lipinski definition) is 6. The van der Waals surface area contributed by atoms with Crippen molar-refractivity contribution in [3.05, 3.63) is 71.3 Å². The van der Waals surface area contributed by atoms with Gasteiger partial charge in [0.2, 0.25) is 17.7 Å². The number of carboxylic acids is 1. The van der Waals surface area contributed by atoms with Crippen molar-refractivity contribution in [1.29, 1.82) is 0 Å². The van der Waals surface area contributed by atoms with Crippen LogP contribution in [-0.4, -0.2) is 72.8 Å². The van der Waals surface area contributed by atoms with Crippen LogP contribution in [-0.2, 0) is 32.0 Å². The number of likely N-dealkylation sites (N-methyl/N-ethyl adjacent to an activating group) is 1. The molecule has 226 valence electrons. The second kappa shape index (κ2) is 18.0. The second-order valence-corrected chi connectivity index (χ2v) is 9.74. The molecule has 2 rings (SSSR count). The van der Waals surface area contributed by atoms with Gasteiger partial charge in [0.05, 0.1) is 11.6 Å². The normalized spacial score (nSPS) is 12.0. The van der Waals surface area contributed by atoms with Gasteiger partial charge in [-0.3, -0.25) is 24.5 Å². The van der Waals surface area contributed by atoms with Gasteiger partial charge in [-0.05, 0) is 55.9 Å². The van der Waals surface area contributed by atoms with Crippen molar-refractivity contribution in [2.75, 3.05) is 20.1 Å². The van der Waals surface area contributed by atoms with E-state index in [-0.39, 0.29) is 49.1 Å². The minimum absolute atomic E-state index is 0.00583. The summed E-state index contributed by atoms with van der Waals surface area (Å²) in [5, 5.41) is 21.9. The zero-order chi connectivity index (χ0) is 30.9. The predicted molar refractivity (Wildman–Crippen MR) is 156 cm³/mol. The van der Waals surface area contributed by atoms with Crippen LogP contribution in [0.3, 0.4) is 0 Å². The number of imide groups is 1. The number of carbonyl (C=O) groups excluding carboxylic acids is 5. The van der Waals surface area contributed by atoms with Crippen molar-refractivity contribution in [3.63, 3.8) is 0 Å². The zero-order valence-corrected chi connectivity index (χ0v) is 23.9. The fourth-order valence-corrected chi connectivity index (χ4v) is 4.12. The molecule has 6 N–H and O–H groups in total. The first-order valence-corrected chi connectivity index (χ1v) is 13.8. The Balaban J connectivity index is 1.70. The number of nitrogens with one attached hydrogen (secondary N) is 5. The smallest absolute Gasteiger partial charge is 0.335 e. The molecule has 2 aromatic carbocycles. The Morgan fingerprint density at radius 3 is 2.12 bits per heavy atom. The maximum absolute atomic E-state index is 12.3. The molecule has 0 fully saturated rings. The van der Waals surface area contributed by atoms with E-state index in [1.165, 1.54) is 26.1 Å². The maximum atomic E-state index is 12.3. The van der Waals surface area contributed by atoms with E-state index in [0.29, 0.717) is 25.8 Å². The Morgan fingerprint density at radius 1 is 0.810 bits per heavy atom. The van der Waals surface area contributed by atoms with Gasteiger partial charge in [-0.15, -0.1) is 0 Å². The Hall–Kier alpha value is -4.58. The first-order valence-electron chi connectivity index (χ1n) is 13.8. The Kier molecular flexibility index (Phi) is 14.4. The Labute approximate surface area is 245 Å². The minimum Gasteiger partial charge on any atom is -0.478 e. The van der Waals surface area contributed by atoms with E-state index in [4.69, 9.17) is 5.11 Å². The lowest BCUT2D eigenvalue weighted by Gasteiger charge is -2.18. The van der Waals surface area contributed by atoms with E-state index in [9.17, 15) is 28.8 Å². The molecule has 0 heterocycles. The average Bonchev–Trinajstić information content (AvgIpc) is 2.97. The topological polar surface area (TPSA) is 183 Å². The van der Waals surface area contributed by atoms with Gasteiger partial charge in [0, 0.05) is 33.0 Å². The van der Waals surface area contributed by atoms with Crippen molar-refractivity contribution in [2.45, 2.75) is 57.5 Å². The molecule has 0 saturated heterocycles. The highest BCUT2D eigenvalue weighted by Gasteiger charge is 2.22. The summed E-state index contributed by atoms with van der Waals surface area (Å²) in [4.78, 5) is 72.0. The fourth-order valence-electron chi connectivity index (χ4n) is 4.12. The van der Waals surface area contributed by atoms with E-state index in [1.54, 1.807) is 12.1 Å². The number of ketones is 1. The van der Waals surface area contributed by atoms with Gasteiger partial charge in [-0.25, -0.2) is 9.59 Å². The molecule has 0 aliphatic heterocycles. The Morgan fingerprint density at radius 2 is 1.50 bits per heavy atom. The fraction of sp³-hybridized carbons (Fsp3) is 0.400. The number of aryl methyl sites for hydroxylation is 1. The van der Waals surface area contributed by atoms with Crippen molar-refractivity contribution >= 4 is 35.5 Å². The van der Waals surface area contributed by atoms with Crippen LogP contribution in [0.1, 0.15) is 54.1 Å². The first kappa shape index (κ1) is 33.6. The number of rotatable bonds is 17. The van der Waals surface area contributed by atoms with Gasteiger partial charge in [0.25, 0.3) is 0 Å². The molecule has 12 heteroatoms.